The van der Waals surface area contributed by atoms with Crippen molar-refractivity contribution in [3.05, 3.63) is 17.5 Å². The number of aryl methyl sites for hydroxylation is 3. The van der Waals surface area contributed by atoms with Crippen LogP contribution >= 0.6 is 11.3 Å². The van der Waals surface area contributed by atoms with Crippen LogP contribution < -0.4 is 4.90 Å². The Hall–Kier alpha value is -1.40. The van der Waals surface area contributed by atoms with Gasteiger partial charge in [0.2, 0.25) is 0 Å². The molecule has 0 spiro atoms. The molecule has 2 aromatic rings. The largest absolute Gasteiger partial charge is 0.378 e. The molecule has 6 heteroatoms. The van der Waals surface area contributed by atoms with E-state index in [0.29, 0.717) is 0 Å². The van der Waals surface area contributed by atoms with Crippen LogP contribution in [-0.4, -0.2) is 41.1 Å². The zero-order valence-corrected chi connectivity index (χ0v) is 12.4. The second-order valence-corrected chi connectivity index (χ2v) is 6.34. The molecule has 0 amide bonds. The minimum Gasteiger partial charge on any atom is -0.378 e. The molecule has 1 aliphatic carbocycles. The molecule has 2 aromatic heterocycles. The third-order valence-corrected chi connectivity index (χ3v) is 5.22. The van der Waals surface area contributed by atoms with Crippen molar-refractivity contribution in [2.24, 2.45) is 7.05 Å². The molecule has 0 saturated carbocycles. The summed E-state index contributed by atoms with van der Waals surface area (Å²) in [5, 5.41) is 5.57. The number of thiazole rings is 1. The van der Waals surface area contributed by atoms with Crippen molar-refractivity contribution in [3.8, 4) is 10.6 Å². The number of aromatic nitrogens is 3. The highest BCUT2D eigenvalue weighted by Gasteiger charge is 2.24. The van der Waals surface area contributed by atoms with E-state index in [9.17, 15) is 0 Å². The third-order valence-electron chi connectivity index (χ3n) is 4.06. The SMILES string of the molecule is Cn1ncc2c1-c1sc(N3CCOCC3)nc1CCC2. The zero-order valence-electron chi connectivity index (χ0n) is 11.6. The van der Waals surface area contributed by atoms with Crippen molar-refractivity contribution in [3.63, 3.8) is 0 Å². The fraction of sp³-hybridized carbons (Fsp3) is 0.571. The fourth-order valence-electron chi connectivity index (χ4n) is 2.99. The first kappa shape index (κ1) is 12.3. The van der Waals surface area contributed by atoms with Gasteiger partial charge in [-0.2, -0.15) is 5.10 Å². The molecular weight excluding hydrogens is 272 g/mol. The Labute approximate surface area is 122 Å². The highest BCUT2D eigenvalue weighted by atomic mass is 32.1. The van der Waals surface area contributed by atoms with Crippen molar-refractivity contribution in [2.45, 2.75) is 19.3 Å². The van der Waals surface area contributed by atoms with Gasteiger partial charge in [-0.15, -0.1) is 0 Å². The molecule has 0 bridgehead atoms. The molecule has 2 aliphatic rings. The van der Waals surface area contributed by atoms with Crippen molar-refractivity contribution in [2.75, 3.05) is 31.2 Å². The van der Waals surface area contributed by atoms with Gasteiger partial charge >= 0.3 is 0 Å². The zero-order chi connectivity index (χ0) is 13.5. The van der Waals surface area contributed by atoms with Crippen LogP contribution in [0.25, 0.3) is 10.6 Å². The van der Waals surface area contributed by atoms with Crippen molar-refractivity contribution < 1.29 is 4.74 Å². The minimum atomic E-state index is 0.807. The van der Waals surface area contributed by atoms with Crippen LogP contribution in [0.3, 0.4) is 0 Å². The monoisotopic (exact) mass is 290 g/mol. The second-order valence-electron chi connectivity index (χ2n) is 5.37. The molecule has 3 heterocycles. The quantitative estimate of drug-likeness (QED) is 0.804. The van der Waals surface area contributed by atoms with Crippen LogP contribution in [0.2, 0.25) is 0 Å². The van der Waals surface area contributed by atoms with Gasteiger partial charge in [0.05, 0.1) is 35.7 Å². The highest BCUT2D eigenvalue weighted by molar-refractivity contribution is 7.19. The van der Waals surface area contributed by atoms with E-state index in [0.717, 1.165) is 50.7 Å². The number of fused-ring (bicyclic) bond motifs is 3. The lowest BCUT2D eigenvalue weighted by molar-refractivity contribution is 0.122. The maximum Gasteiger partial charge on any atom is 0.186 e. The molecule has 0 unspecified atom stereocenters. The number of hydrogen-bond donors (Lipinski definition) is 0. The second kappa shape index (κ2) is 4.86. The van der Waals surface area contributed by atoms with E-state index in [-0.39, 0.29) is 0 Å². The van der Waals surface area contributed by atoms with Gasteiger partial charge in [0.25, 0.3) is 0 Å². The molecule has 20 heavy (non-hydrogen) atoms. The number of nitrogens with zero attached hydrogens (tertiary/aromatic N) is 4. The van der Waals surface area contributed by atoms with Gasteiger partial charge in [-0.3, -0.25) is 4.68 Å². The molecule has 0 atom stereocenters. The van der Waals surface area contributed by atoms with Gasteiger partial charge < -0.3 is 9.64 Å². The van der Waals surface area contributed by atoms with Gasteiger partial charge in [0.1, 0.15) is 0 Å². The molecule has 5 nitrogen and oxygen atoms in total. The van der Waals surface area contributed by atoms with Gasteiger partial charge in [-0.05, 0) is 24.8 Å². The minimum absolute atomic E-state index is 0.807. The van der Waals surface area contributed by atoms with Crippen molar-refractivity contribution in [1.82, 2.24) is 14.8 Å². The lowest BCUT2D eigenvalue weighted by Crippen LogP contribution is -2.36. The van der Waals surface area contributed by atoms with Crippen LogP contribution in [0.15, 0.2) is 6.20 Å². The van der Waals surface area contributed by atoms with E-state index in [1.54, 1.807) is 0 Å². The maximum atomic E-state index is 5.43. The maximum absolute atomic E-state index is 5.43. The Morgan fingerprint density at radius 2 is 2.10 bits per heavy atom. The first-order valence-electron chi connectivity index (χ1n) is 7.16. The van der Waals surface area contributed by atoms with Crippen LogP contribution in [-0.2, 0) is 24.6 Å². The topological polar surface area (TPSA) is 43.2 Å². The standard InChI is InChI=1S/C14H18N4OS/c1-17-12-10(9-15-17)3-2-4-11-13(12)20-14(16-11)18-5-7-19-8-6-18/h9H,2-8H2,1H3. The summed E-state index contributed by atoms with van der Waals surface area (Å²) in [7, 11) is 2.03. The average Bonchev–Trinajstić information content (AvgIpc) is 3.00. The number of morpholine rings is 1. The van der Waals surface area contributed by atoms with Crippen LogP contribution in [0.5, 0.6) is 0 Å². The van der Waals surface area contributed by atoms with Crippen molar-refractivity contribution >= 4 is 16.5 Å². The summed E-state index contributed by atoms with van der Waals surface area (Å²) in [6, 6.07) is 0. The Morgan fingerprint density at radius 3 is 2.95 bits per heavy atom. The van der Waals surface area contributed by atoms with Crippen molar-refractivity contribution in [1.29, 1.82) is 0 Å². The molecule has 4 rings (SSSR count). The Kier molecular flexibility index (Phi) is 3.00. The van der Waals surface area contributed by atoms with Gasteiger partial charge in [0.15, 0.2) is 5.13 Å². The summed E-state index contributed by atoms with van der Waals surface area (Å²) in [5.41, 5.74) is 3.89. The molecule has 106 valence electrons. The Balaban J connectivity index is 1.77. The van der Waals surface area contributed by atoms with Crippen LogP contribution in [0.1, 0.15) is 17.7 Å². The van der Waals surface area contributed by atoms with Crippen LogP contribution in [0, 0.1) is 0 Å². The summed E-state index contributed by atoms with van der Waals surface area (Å²) in [6.45, 7) is 3.51. The third kappa shape index (κ3) is 1.94. The van der Waals surface area contributed by atoms with E-state index in [2.05, 4.69) is 10.00 Å². The van der Waals surface area contributed by atoms with E-state index in [4.69, 9.17) is 9.72 Å². The van der Waals surface area contributed by atoms with Gasteiger partial charge in [-0.1, -0.05) is 11.3 Å². The van der Waals surface area contributed by atoms with E-state index >= 15 is 0 Å². The molecule has 0 radical (unpaired) electrons. The number of hydrogen-bond acceptors (Lipinski definition) is 5. The predicted molar refractivity (Wildman–Crippen MR) is 79.4 cm³/mol. The first-order chi connectivity index (χ1) is 9.83. The molecule has 0 N–H and O–H groups in total. The smallest absolute Gasteiger partial charge is 0.186 e. The Bertz CT molecular complexity index is 627. The van der Waals surface area contributed by atoms with Crippen LogP contribution in [0.4, 0.5) is 5.13 Å². The molecule has 1 saturated heterocycles. The highest BCUT2D eigenvalue weighted by Crippen LogP contribution is 2.39. The van der Waals surface area contributed by atoms with E-state index in [1.807, 2.05) is 29.3 Å². The van der Waals surface area contributed by atoms with E-state index < -0.39 is 0 Å². The lowest BCUT2D eigenvalue weighted by atomic mass is 10.1. The van der Waals surface area contributed by atoms with Gasteiger partial charge in [0, 0.05) is 20.1 Å². The summed E-state index contributed by atoms with van der Waals surface area (Å²) >= 11 is 1.82. The van der Waals surface area contributed by atoms with E-state index in [1.165, 1.54) is 21.8 Å². The average molecular weight is 290 g/mol. The summed E-state index contributed by atoms with van der Waals surface area (Å²) in [4.78, 5) is 8.57. The predicted octanol–water partition coefficient (Wildman–Crippen LogP) is 1.87. The molecule has 1 aliphatic heterocycles. The number of ether oxygens (including phenoxy) is 1. The molecule has 1 fully saturated rings. The fourth-order valence-corrected chi connectivity index (χ4v) is 4.26. The number of rotatable bonds is 1. The first-order valence-corrected chi connectivity index (χ1v) is 7.98. The Morgan fingerprint density at radius 1 is 1.25 bits per heavy atom. The summed E-state index contributed by atoms with van der Waals surface area (Å²) < 4.78 is 7.43. The molecular formula is C14H18N4OS. The normalized spacial score (nSPS) is 18.6. The lowest BCUT2D eigenvalue weighted by Gasteiger charge is -2.26. The summed E-state index contributed by atoms with van der Waals surface area (Å²) in [5.74, 6) is 0. The van der Waals surface area contributed by atoms with Gasteiger partial charge in [-0.25, -0.2) is 4.98 Å². The molecule has 0 aromatic carbocycles. The number of anilines is 1. The summed E-state index contributed by atoms with van der Waals surface area (Å²) in [6.07, 6.45) is 5.36.